The molecule has 9 heteroatoms. The van der Waals surface area contributed by atoms with Crippen LogP contribution >= 0.6 is 0 Å². The van der Waals surface area contributed by atoms with Gasteiger partial charge in [0.05, 0.1) is 18.8 Å². The molecule has 0 saturated heterocycles. The Bertz CT molecular complexity index is 937. The molecule has 2 heterocycles. The molecule has 0 spiro atoms. The molecular weight excluding hydrogens is 371 g/mol. The molecule has 5 nitrogen and oxygen atoms in total. The molecule has 2 aliphatic rings. The van der Waals surface area contributed by atoms with Crippen LogP contribution in [0.25, 0.3) is 0 Å². The number of benzene rings is 2. The van der Waals surface area contributed by atoms with Gasteiger partial charge < -0.3 is 9.47 Å². The predicted octanol–water partition coefficient (Wildman–Crippen LogP) is 3.38. The first-order chi connectivity index (χ1) is 12.3. The Morgan fingerprint density at radius 3 is 2.38 bits per heavy atom. The van der Waals surface area contributed by atoms with Crippen LogP contribution in [0.3, 0.4) is 0 Å². The monoisotopic (exact) mass is 385 g/mol. The zero-order chi connectivity index (χ0) is 18.5. The lowest BCUT2D eigenvalue weighted by molar-refractivity contribution is -0.137. The summed E-state index contributed by atoms with van der Waals surface area (Å²) in [5.41, 5.74) is 0.475. The van der Waals surface area contributed by atoms with E-state index in [1.54, 1.807) is 6.07 Å². The smallest absolute Gasteiger partial charge is 0.416 e. The van der Waals surface area contributed by atoms with Crippen molar-refractivity contribution < 1.29 is 31.1 Å². The second-order valence-electron chi connectivity index (χ2n) is 6.05. The zero-order valence-corrected chi connectivity index (χ0v) is 14.2. The average molecular weight is 385 g/mol. The number of hydrogen-bond donors (Lipinski definition) is 1. The first kappa shape index (κ1) is 17.0. The van der Waals surface area contributed by atoms with Crippen LogP contribution in [0.15, 0.2) is 35.2 Å². The van der Waals surface area contributed by atoms with Crippen LogP contribution in [0.4, 0.5) is 18.9 Å². The highest BCUT2D eigenvalue weighted by molar-refractivity contribution is 7.92. The van der Waals surface area contributed by atoms with E-state index < -0.39 is 21.8 Å². The van der Waals surface area contributed by atoms with Crippen molar-refractivity contribution in [2.45, 2.75) is 23.9 Å². The van der Waals surface area contributed by atoms with Crippen molar-refractivity contribution in [1.82, 2.24) is 0 Å². The number of rotatable bonds is 3. The van der Waals surface area contributed by atoms with E-state index in [9.17, 15) is 21.6 Å². The summed E-state index contributed by atoms with van der Waals surface area (Å²) in [6.45, 7) is 0.752. The van der Waals surface area contributed by atoms with E-state index in [1.807, 2.05) is 0 Å². The lowest BCUT2D eigenvalue weighted by atomic mass is 10.1. The van der Waals surface area contributed by atoms with Gasteiger partial charge in [-0.3, -0.25) is 4.72 Å². The van der Waals surface area contributed by atoms with Gasteiger partial charge in [0.25, 0.3) is 10.0 Å². The number of halogens is 3. The number of fused-ring (bicyclic) bond motifs is 2. The highest BCUT2D eigenvalue weighted by Crippen LogP contribution is 2.43. The highest BCUT2D eigenvalue weighted by atomic mass is 32.2. The van der Waals surface area contributed by atoms with Crippen LogP contribution in [-0.4, -0.2) is 21.6 Å². The van der Waals surface area contributed by atoms with E-state index in [2.05, 4.69) is 4.72 Å². The fraction of sp³-hybridized carbons (Fsp3) is 0.294. The van der Waals surface area contributed by atoms with E-state index in [4.69, 9.17) is 9.47 Å². The van der Waals surface area contributed by atoms with Crippen LogP contribution in [-0.2, 0) is 29.0 Å². The third kappa shape index (κ3) is 2.86. The van der Waals surface area contributed by atoms with E-state index in [1.165, 1.54) is 0 Å². The number of alkyl halides is 3. The van der Waals surface area contributed by atoms with Gasteiger partial charge in [0.1, 0.15) is 16.4 Å². The molecule has 0 radical (unpaired) electrons. The van der Waals surface area contributed by atoms with Gasteiger partial charge in [-0.25, -0.2) is 8.42 Å². The molecule has 1 N–H and O–H groups in total. The standard InChI is InChI=1S/C17H14F3NO4S/c18-17(19,20)11-1-3-12(4-2-11)21-26(22,23)16-13-6-8-24-14(13)9-10-5-7-25-15(10)16/h1-4,9,21H,5-8H2. The van der Waals surface area contributed by atoms with Gasteiger partial charge in [-0.05, 0) is 30.3 Å². The summed E-state index contributed by atoms with van der Waals surface area (Å²) in [6.07, 6.45) is -3.48. The van der Waals surface area contributed by atoms with Crippen molar-refractivity contribution in [3.8, 4) is 11.5 Å². The van der Waals surface area contributed by atoms with Gasteiger partial charge >= 0.3 is 6.18 Å². The minimum absolute atomic E-state index is 0.0138. The minimum Gasteiger partial charge on any atom is -0.493 e. The first-order valence-corrected chi connectivity index (χ1v) is 9.38. The maximum absolute atomic E-state index is 12.9. The molecule has 0 fully saturated rings. The van der Waals surface area contributed by atoms with Crippen molar-refractivity contribution in [2.24, 2.45) is 0 Å². The molecule has 26 heavy (non-hydrogen) atoms. The minimum atomic E-state index is -4.48. The molecule has 0 aliphatic carbocycles. The first-order valence-electron chi connectivity index (χ1n) is 7.90. The number of sulfonamides is 1. The summed E-state index contributed by atoms with van der Waals surface area (Å²) in [7, 11) is -4.05. The highest BCUT2D eigenvalue weighted by Gasteiger charge is 2.34. The zero-order valence-electron chi connectivity index (χ0n) is 13.4. The lowest BCUT2D eigenvalue weighted by Crippen LogP contribution is -2.16. The molecule has 0 atom stereocenters. The molecule has 138 valence electrons. The van der Waals surface area contributed by atoms with Gasteiger partial charge in [-0.15, -0.1) is 0 Å². The summed E-state index contributed by atoms with van der Waals surface area (Å²) in [5.74, 6) is 0.815. The van der Waals surface area contributed by atoms with E-state index in [0.717, 1.165) is 29.8 Å². The van der Waals surface area contributed by atoms with Gasteiger partial charge in [0, 0.05) is 29.7 Å². The molecule has 0 unspecified atom stereocenters. The Morgan fingerprint density at radius 1 is 1.00 bits per heavy atom. The number of anilines is 1. The largest absolute Gasteiger partial charge is 0.493 e. The fourth-order valence-electron chi connectivity index (χ4n) is 3.16. The van der Waals surface area contributed by atoms with Gasteiger partial charge in [-0.2, -0.15) is 13.2 Å². The summed E-state index contributed by atoms with van der Waals surface area (Å²) >= 11 is 0. The van der Waals surface area contributed by atoms with Crippen molar-refractivity contribution in [2.75, 3.05) is 17.9 Å². The Morgan fingerprint density at radius 2 is 1.69 bits per heavy atom. The lowest BCUT2D eigenvalue weighted by Gasteiger charge is -2.15. The second-order valence-corrected chi connectivity index (χ2v) is 7.67. The maximum Gasteiger partial charge on any atom is 0.416 e. The van der Waals surface area contributed by atoms with Gasteiger partial charge in [-0.1, -0.05) is 0 Å². The normalized spacial score (nSPS) is 15.8. The molecule has 0 amide bonds. The van der Waals surface area contributed by atoms with Crippen LogP contribution < -0.4 is 14.2 Å². The molecule has 0 aromatic heterocycles. The fourth-order valence-corrected chi connectivity index (χ4v) is 4.67. The molecule has 2 aromatic rings. The molecular formula is C17H14F3NO4S. The number of ether oxygens (including phenoxy) is 2. The van der Waals surface area contributed by atoms with Gasteiger partial charge in [0.2, 0.25) is 0 Å². The maximum atomic E-state index is 12.9. The van der Waals surface area contributed by atoms with Crippen LogP contribution in [0.1, 0.15) is 16.7 Å². The van der Waals surface area contributed by atoms with Crippen molar-refractivity contribution in [3.63, 3.8) is 0 Å². The van der Waals surface area contributed by atoms with Crippen molar-refractivity contribution in [1.29, 1.82) is 0 Å². The molecule has 2 aromatic carbocycles. The van der Waals surface area contributed by atoms with Crippen LogP contribution in [0.5, 0.6) is 11.5 Å². The third-order valence-electron chi connectivity index (χ3n) is 4.34. The van der Waals surface area contributed by atoms with Gasteiger partial charge in [0.15, 0.2) is 0 Å². The predicted molar refractivity (Wildman–Crippen MR) is 87.1 cm³/mol. The molecule has 0 bridgehead atoms. The Balaban J connectivity index is 1.72. The van der Waals surface area contributed by atoms with Crippen molar-refractivity contribution >= 4 is 15.7 Å². The Labute approximate surface area is 147 Å². The SMILES string of the molecule is O=S(=O)(Nc1ccc(C(F)(F)F)cc1)c1c2c(cc3c1OCC3)OCC2. The third-order valence-corrected chi connectivity index (χ3v) is 5.81. The molecule has 0 saturated carbocycles. The summed E-state index contributed by atoms with van der Waals surface area (Å²) in [6, 6.07) is 5.62. The summed E-state index contributed by atoms with van der Waals surface area (Å²) in [4.78, 5) is 0.0138. The Kier molecular flexibility index (Phi) is 3.80. The van der Waals surface area contributed by atoms with Crippen LogP contribution in [0.2, 0.25) is 0 Å². The Hall–Kier alpha value is -2.42. The number of hydrogen-bond acceptors (Lipinski definition) is 4. The summed E-state index contributed by atoms with van der Waals surface area (Å²) < 4.78 is 77.2. The molecule has 2 aliphatic heterocycles. The molecule has 4 rings (SSSR count). The second kappa shape index (κ2) is 5.80. The van der Waals surface area contributed by atoms with Crippen LogP contribution in [0, 0.1) is 0 Å². The number of nitrogens with one attached hydrogen (secondary N) is 1. The van der Waals surface area contributed by atoms with E-state index >= 15 is 0 Å². The quantitative estimate of drug-likeness (QED) is 0.880. The van der Waals surface area contributed by atoms with Crippen molar-refractivity contribution in [3.05, 3.63) is 47.0 Å². The summed E-state index contributed by atoms with van der Waals surface area (Å²) in [5, 5.41) is 0. The van der Waals surface area contributed by atoms with E-state index in [-0.39, 0.29) is 10.6 Å². The average Bonchev–Trinajstić information content (AvgIpc) is 3.19. The van der Waals surface area contributed by atoms with E-state index in [0.29, 0.717) is 43.1 Å². The topological polar surface area (TPSA) is 64.6 Å².